The summed E-state index contributed by atoms with van der Waals surface area (Å²) in [5.74, 6) is -0.345. The van der Waals surface area contributed by atoms with Crippen LogP contribution in [0.2, 0.25) is 0 Å². The van der Waals surface area contributed by atoms with Gasteiger partial charge in [0.05, 0.1) is 0 Å². The molecular formula is C16H21N3O2S. The molecule has 2 rings (SSSR count). The van der Waals surface area contributed by atoms with Crippen molar-refractivity contribution in [3.8, 4) is 0 Å². The number of hydrazone groups is 1. The van der Waals surface area contributed by atoms with Crippen molar-refractivity contribution in [1.29, 1.82) is 0 Å². The Kier molecular flexibility index (Phi) is 6.00. The van der Waals surface area contributed by atoms with Crippen LogP contribution in [0.5, 0.6) is 0 Å². The molecule has 118 valence electrons. The van der Waals surface area contributed by atoms with E-state index in [1.54, 1.807) is 0 Å². The quantitative estimate of drug-likeness (QED) is 0.789. The lowest BCUT2D eigenvalue weighted by Gasteiger charge is -2.12. The molecule has 1 aromatic rings. The molecule has 0 aromatic heterocycles. The van der Waals surface area contributed by atoms with E-state index in [9.17, 15) is 9.59 Å². The molecule has 0 atom stereocenters. The Balaban J connectivity index is 1.76. The Morgan fingerprint density at radius 1 is 1.32 bits per heavy atom. The van der Waals surface area contributed by atoms with Gasteiger partial charge < -0.3 is 5.32 Å². The zero-order valence-electron chi connectivity index (χ0n) is 12.9. The number of hydrogen-bond acceptors (Lipinski definition) is 4. The fraction of sp³-hybridized carbons (Fsp3) is 0.438. The highest BCUT2D eigenvalue weighted by Gasteiger charge is 2.17. The molecular weight excluding hydrogens is 298 g/mol. The normalized spacial score (nSPS) is 14.5. The third-order valence-corrected chi connectivity index (χ3v) is 4.18. The van der Waals surface area contributed by atoms with Gasteiger partial charge in [-0.15, -0.1) is 11.8 Å². The van der Waals surface area contributed by atoms with Crippen molar-refractivity contribution >= 4 is 29.3 Å². The average Bonchev–Trinajstić information content (AvgIpc) is 2.49. The average molecular weight is 319 g/mol. The summed E-state index contributed by atoms with van der Waals surface area (Å²) in [5.41, 5.74) is 3.91. The molecule has 0 fully saturated rings. The maximum atomic E-state index is 11.9. The zero-order valence-corrected chi connectivity index (χ0v) is 13.7. The lowest BCUT2D eigenvalue weighted by molar-refractivity contribution is -0.121. The minimum atomic E-state index is -0.202. The minimum absolute atomic E-state index is 0.143. The van der Waals surface area contributed by atoms with Crippen molar-refractivity contribution in [3.05, 3.63) is 29.8 Å². The predicted octanol–water partition coefficient (Wildman–Crippen LogP) is 2.11. The van der Waals surface area contributed by atoms with Crippen LogP contribution in [0.4, 0.5) is 0 Å². The Hall–Kier alpha value is -1.82. The van der Waals surface area contributed by atoms with Gasteiger partial charge >= 0.3 is 0 Å². The van der Waals surface area contributed by atoms with Gasteiger partial charge in [0.15, 0.2) is 0 Å². The number of carbonyl (C=O) groups excluding carboxylic acids is 2. The molecule has 0 saturated heterocycles. The van der Waals surface area contributed by atoms with Gasteiger partial charge in [-0.2, -0.15) is 5.10 Å². The van der Waals surface area contributed by atoms with Crippen molar-refractivity contribution < 1.29 is 9.59 Å². The first-order chi connectivity index (χ1) is 10.5. The van der Waals surface area contributed by atoms with Crippen LogP contribution in [0.1, 0.15) is 32.3 Å². The summed E-state index contributed by atoms with van der Waals surface area (Å²) in [6.07, 6.45) is 1.50. The molecule has 0 bridgehead atoms. The molecule has 0 unspecified atom stereocenters. The molecule has 0 radical (unpaired) electrons. The summed E-state index contributed by atoms with van der Waals surface area (Å²) in [4.78, 5) is 24.1. The number of thioether (sulfide) groups is 1. The third kappa shape index (κ3) is 5.18. The van der Waals surface area contributed by atoms with Crippen molar-refractivity contribution in [2.75, 3.05) is 6.54 Å². The van der Waals surface area contributed by atoms with Crippen LogP contribution in [-0.2, 0) is 16.0 Å². The predicted molar refractivity (Wildman–Crippen MR) is 89.0 cm³/mol. The topological polar surface area (TPSA) is 70.6 Å². The number of hydrogen-bond donors (Lipinski definition) is 2. The number of nitrogens with zero attached hydrogens (tertiary/aromatic N) is 1. The first kappa shape index (κ1) is 16.5. The monoisotopic (exact) mass is 319 g/mol. The van der Waals surface area contributed by atoms with Gasteiger partial charge in [-0.1, -0.05) is 26.0 Å². The molecule has 2 N–H and O–H groups in total. The summed E-state index contributed by atoms with van der Waals surface area (Å²) in [6.45, 7) is 4.90. The summed E-state index contributed by atoms with van der Waals surface area (Å²) in [5, 5.41) is 7.18. The summed E-state index contributed by atoms with van der Waals surface area (Å²) >= 11 is 1.83. The number of rotatable bonds is 6. The highest BCUT2D eigenvalue weighted by atomic mass is 32.2. The van der Waals surface area contributed by atoms with E-state index in [1.165, 1.54) is 10.5 Å². The highest BCUT2D eigenvalue weighted by molar-refractivity contribution is 7.99. The van der Waals surface area contributed by atoms with Crippen LogP contribution < -0.4 is 10.7 Å². The van der Waals surface area contributed by atoms with Gasteiger partial charge in [0.1, 0.15) is 5.71 Å². The van der Waals surface area contributed by atoms with Gasteiger partial charge in [0, 0.05) is 29.5 Å². The van der Waals surface area contributed by atoms with E-state index < -0.39 is 0 Å². The highest BCUT2D eigenvalue weighted by Crippen LogP contribution is 2.22. The van der Waals surface area contributed by atoms with Crippen LogP contribution in [-0.4, -0.2) is 29.3 Å². The number of nitrogens with one attached hydrogen (secondary N) is 2. The van der Waals surface area contributed by atoms with Gasteiger partial charge in [-0.25, -0.2) is 5.43 Å². The number of benzene rings is 1. The Labute approximate surface area is 134 Å². The van der Waals surface area contributed by atoms with Gasteiger partial charge in [-0.3, -0.25) is 9.59 Å². The Morgan fingerprint density at radius 3 is 2.64 bits per heavy atom. The van der Waals surface area contributed by atoms with E-state index in [-0.39, 0.29) is 11.8 Å². The molecule has 1 aliphatic rings. The molecule has 22 heavy (non-hydrogen) atoms. The lowest BCUT2D eigenvalue weighted by Crippen LogP contribution is -2.37. The molecule has 1 aromatic carbocycles. The Bertz CT molecular complexity index is 567. The smallest absolute Gasteiger partial charge is 0.267 e. The fourth-order valence-electron chi connectivity index (χ4n) is 2.07. The first-order valence-corrected chi connectivity index (χ1v) is 8.32. The van der Waals surface area contributed by atoms with Gasteiger partial charge in [0.25, 0.3) is 5.91 Å². The molecule has 0 spiro atoms. The lowest BCUT2D eigenvalue weighted by atomic mass is 10.1. The standard InChI is InChI=1S/C16H21N3O2S/c1-11(2)22-13-5-3-12(4-6-13)9-10-17-16(21)14-7-8-15(20)19-18-14/h3-6,11H,7-10H2,1-2H3,(H,17,21)(H,19,20). The second-order valence-electron chi connectivity index (χ2n) is 5.41. The molecule has 5 nitrogen and oxygen atoms in total. The molecule has 0 saturated carbocycles. The SMILES string of the molecule is CC(C)Sc1ccc(CCNC(=O)C2=NNC(=O)CC2)cc1. The van der Waals surface area contributed by atoms with Crippen LogP contribution in [0.3, 0.4) is 0 Å². The van der Waals surface area contributed by atoms with Gasteiger partial charge in [-0.05, 0) is 24.1 Å². The first-order valence-electron chi connectivity index (χ1n) is 7.44. The zero-order chi connectivity index (χ0) is 15.9. The summed E-state index contributed by atoms with van der Waals surface area (Å²) in [6, 6.07) is 8.41. The van der Waals surface area contributed by atoms with E-state index in [1.807, 2.05) is 11.8 Å². The maximum Gasteiger partial charge on any atom is 0.267 e. The molecule has 6 heteroatoms. The van der Waals surface area contributed by atoms with Crippen LogP contribution >= 0.6 is 11.8 Å². The molecule has 2 amide bonds. The van der Waals surface area contributed by atoms with E-state index >= 15 is 0 Å². The van der Waals surface area contributed by atoms with Crippen molar-refractivity contribution in [2.45, 2.75) is 43.3 Å². The number of amides is 2. The third-order valence-electron chi connectivity index (χ3n) is 3.16. The van der Waals surface area contributed by atoms with E-state index in [0.29, 0.717) is 30.3 Å². The van der Waals surface area contributed by atoms with Crippen LogP contribution in [0.25, 0.3) is 0 Å². The van der Waals surface area contributed by atoms with Crippen molar-refractivity contribution in [2.24, 2.45) is 5.10 Å². The van der Waals surface area contributed by atoms with Crippen molar-refractivity contribution in [3.63, 3.8) is 0 Å². The minimum Gasteiger partial charge on any atom is -0.351 e. The maximum absolute atomic E-state index is 11.9. The van der Waals surface area contributed by atoms with E-state index in [4.69, 9.17) is 0 Å². The van der Waals surface area contributed by atoms with Crippen LogP contribution in [0.15, 0.2) is 34.3 Å². The molecule has 1 heterocycles. The number of carbonyl (C=O) groups is 2. The summed E-state index contributed by atoms with van der Waals surface area (Å²) < 4.78 is 0. The fourth-order valence-corrected chi connectivity index (χ4v) is 2.90. The van der Waals surface area contributed by atoms with E-state index in [2.05, 4.69) is 54.0 Å². The Morgan fingerprint density at radius 2 is 2.05 bits per heavy atom. The van der Waals surface area contributed by atoms with Gasteiger partial charge in [0.2, 0.25) is 5.91 Å². The van der Waals surface area contributed by atoms with Crippen LogP contribution in [0, 0.1) is 0 Å². The second kappa shape index (κ2) is 7.98. The second-order valence-corrected chi connectivity index (χ2v) is 7.06. The summed E-state index contributed by atoms with van der Waals surface area (Å²) in [7, 11) is 0. The van der Waals surface area contributed by atoms with Crippen molar-refractivity contribution in [1.82, 2.24) is 10.7 Å². The molecule has 0 aliphatic carbocycles. The molecule has 1 aliphatic heterocycles. The van der Waals surface area contributed by atoms with E-state index in [0.717, 1.165) is 6.42 Å². The largest absolute Gasteiger partial charge is 0.351 e.